The van der Waals surface area contributed by atoms with Crippen LogP contribution in [-0.4, -0.2) is 37.3 Å². The second kappa shape index (κ2) is 7.77. The molecule has 0 saturated carbocycles. The summed E-state index contributed by atoms with van der Waals surface area (Å²) in [6.45, 7) is 0.632. The maximum absolute atomic E-state index is 13.0. The van der Waals surface area contributed by atoms with Gasteiger partial charge >= 0.3 is 0 Å². The maximum atomic E-state index is 13.0. The Morgan fingerprint density at radius 3 is 2.68 bits per heavy atom. The van der Waals surface area contributed by atoms with Gasteiger partial charge in [0.1, 0.15) is 5.37 Å². The third-order valence-electron chi connectivity index (χ3n) is 4.01. The number of rotatable bonds is 4. The minimum absolute atomic E-state index is 0.124. The summed E-state index contributed by atoms with van der Waals surface area (Å²) < 4.78 is 10.9. The van der Waals surface area contributed by atoms with Crippen LogP contribution in [0.5, 0.6) is 11.5 Å². The highest BCUT2D eigenvalue weighted by Crippen LogP contribution is 2.45. The van der Waals surface area contributed by atoms with Crippen LogP contribution < -0.4 is 9.47 Å². The molecule has 7 heteroatoms. The van der Waals surface area contributed by atoms with Crippen molar-refractivity contribution >= 4 is 40.9 Å². The van der Waals surface area contributed by atoms with E-state index in [0.29, 0.717) is 33.7 Å². The lowest BCUT2D eigenvalue weighted by atomic mass is 10.1. The number of thioether (sulfide) groups is 1. The molecule has 0 N–H and O–H groups in total. The van der Waals surface area contributed by atoms with Gasteiger partial charge in [0.15, 0.2) is 11.5 Å². The summed E-state index contributed by atoms with van der Waals surface area (Å²) in [6.07, 6.45) is 0. The third kappa shape index (κ3) is 3.54. The Morgan fingerprint density at radius 1 is 1.20 bits per heavy atom. The van der Waals surface area contributed by atoms with E-state index < -0.39 is 0 Å². The number of benzene rings is 2. The number of ether oxygens (including phenoxy) is 2. The number of para-hydroxylation sites is 1. The quantitative estimate of drug-likeness (QED) is 0.735. The van der Waals surface area contributed by atoms with E-state index in [-0.39, 0.29) is 11.3 Å². The Morgan fingerprint density at radius 2 is 2.00 bits per heavy atom. The number of hydrogen-bond donors (Lipinski definition) is 0. The van der Waals surface area contributed by atoms with E-state index in [4.69, 9.17) is 32.7 Å². The second-order valence-corrected chi connectivity index (χ2v) is 7.46. The largest absolute Gasteiger partial charge is 0.493 e. The molecule has 1 atom stereocenters. The summed E-state index contributed by atoms with van der Waals surface area (Å²) in [6, 6.07) is 10.6. The molecule has 1 fully saturated rings. The molecule has 0 aliphatic carbocycles. The molecular formula is C18H17Cl2NO3S. The zero-order valence-electron chi connectivity index (χ0n) is 13.8. The highest BCUT2D eigenvalue weighted by atomic mass is 35.5. The smallest absolute Gasteiger partial charge is 0.256 e. The molecular weight excluding hydrogens is 381 g/mol. The normalized spacial score (nSPS) is 16.8. The van der Waals surface area contributed by atoms with Gasteiger partial charge in [0, 0.05) is 22.9 Å². The first-order chi connectivity index (χ1) is 12.1. The van der Waals surface area contributed by atoms with Crippen molar-refractivity contribution in [1.82, 2.24) is 4.90 Å². The molecule has 0 radical (unpaired) electrons. The van der Waals surface area contributed by atoms with E-state index >= 15 is 0 Å². The molecule has 25 heavy (non-hydrogen) atoms. The highest BCUT2D eigenvalue weighted by molar-refractivity contribution is 7.99. The van der Waals surface area contributed by atoms with Gasteiger partial charge in [-0.1, -0.05) is 35.3 Å². The van der Waals surface area contributed by atoms with Gasteiger partial charge in [0.05, 0.1) is 24.8 Å². The number of methoxy groups -OCH3 is 2. The molecule has 132 valence electrons. The van der Waals surface area contributed by atoms with Crippen LogP contribution in [0.3, 0.4) is 0 Å². The van der Waals surface area contributed by atoms with Crippen molar-refractivity contribution in [2.45, 2.75) is 5.37 Å². The molecule has 1 aliphatic rings. The van der Waals surface area contributed by atoms with Crippen LogP contribution in [0.4, 0.5) is 0 Å². The van der Waals surface area contributed by atoms with Crippen LogP contribution in [0.25, 0.3) is 0 Å². The van der Waals surface area contributed by atoms with Crippen LogP contribution in [0.1, 0.15) is 21.3 Å². The number of hydrogen-bond acceptors (Lipinski definition) is 4. The van der Waals surface area contributed by atoms with Gasteiger partial charge in [-0.25, -0.2) is 0 Å². The van der Waals surface area contributed by atoms with E-state index in [1.165, 1.54) is 0 Å². The number of amides is 1. The summed E-state index contributed by atoms with van der Waals surface area (Å²) in [7, 11) is 3.20. The number of nitrogens with zero attached hydrogens (tertiary/aromatic N) is 1. The SMILES string of the molecule is COc1cccc([C@H]2SCCN2C(=O)c2ccc(Cl)cc2Cl)c1OC. The lowest BCUT2D eigenvalue weighted by molar-refractivity contribution is 0.0759. The van der Waals surface area contributed by atoms with Crippen molar-refractivity contribution in [3.8, 4) is 11.5 Å². The lowest BCUT2D eigenvalue weighted by Crippen LogP contribution is -2.30. The van der Waals surface area contributed by atoms with Crippen molar-refractivity contribution in [1.29, 1.82) is 0 Å². The minimum Gasteiger partial charge on any atom is -0.493 e. The molecule has 1 saturated heterocycles. The second-order valence-electron chi connectivity index (χ2n) is 5.43. The molecule has 0 unspecified atom stereocenters. The van der Waals surface area contributed by atoms with Crippen molar-refractivity contribution < 1.29 is 14.3 Å². The lowest BCUT2D eigenvalue weighted by Gasteiger charge is -2.26. The summed E-state index contributed by atoms with van der Waals surface area (Å²) in [5.41, 5.74) is 1.35. The van der Waals surface area contributed by atoms with Gasteiger partial charge in [0.2, 0.25) is 0 Å². The Kier molecular flexibility index (Phi) is 5.67. The molecule has 4 nitrogen and oxygen atoms in total. The van der Waals surface area contributed by atoms with Gasteiger partial charge in [-0.15, -0.1) is 11.8 Å². The third-order valence-corrected chi connectivity index (χ3v) is 5.80. The van der Waals surface area contributed by atoms with Crippen LogP contribution >= 0.6 is 35.0 Å². The van der Waals surface area contributed by atoms with E-state index in [9.17, 15) is 4.79 Å². The predicted octanol–water partition coefficient (Wildman–Crippen LogP) is 4.90. The van der Waals surface area contributed by atoms with Gasteiger partial charge in [-0.2, -0.15) is 0 Å². The summed E-state index contributed by atoms with van der Waals surface area (Å²) in [4.78, 5) is 14.8. The first kappa shape index (κ1) is 18.2. The fraction of sp³-hybridized carbons (Fsp3) is 0.278. The van der Waals surface area contributed by atoms with E-state index in [1.54, 1.807) is 49.1 Å². The van der Waals surface area contributed by atoms with Crippen LogP contribution in [0.2, 0.25) is 10.0 Å². The number of halogens is 2. The molecule has 1 heterocycles. The molecule has 3 rings (SSSR count). The monoisotopic (exact) mass is 397 g/mol. The zero-order valence-corrected chi connectivity index (χ0v) is 16.1. The fourth-order valence-corrected chi connectivity index (χ4v) is 4.62. The average Bonchev–Trinajstić information content (AvgIpc) is 3.09. The molecule has 0 bridgehead atoms. The first-order valence-corrected chi connectivity index (χ1v) is 9.45. The van der Waals surface area contributed by atoms with Crippen LogP contribution in [0, 0.1) is 0 Å². The average molecular weight is 398 g/mol. The molecule has 0 aromatic heterocycles. The number of carbonyl (C=O) groups is 1. The molecule has 0 spiro atoms. The van der Waals surface area contributed by atoms with Crippen molar-refractivity contribution in [2.24, 2.45) is 0 Å². The molecule has 2 aromatic carbocycles. The van der Waals surface area contributed by atoms with Crippen molar-refractivity contribution in [3.05, 3.63) is 57.6 Å². The molecule has 1 aliphatic heterocycles. The predicted molar refractivity (Wildman–Crippen MR) is 102 cm³/mol. The Balaban J connectivity index is 1.97. The zero-order chi connectivity index (χ0) is 18.0. The molecule has 2 aromatic rings. The Bertz CT molecular complexity index is 800. The van der Waals surface area contributed by atoms with E-state index in [2.05, 4.69) is 0 Å². The summed E-state index contributed by atoms with van der Waals surface area (Å²) in [5.74, 6) is 2.00. The fourth-order valence-electron chi connectivity index (χ4n) is 2.86. The van der Waals surface area contributed by atoms with E-state index in [0.717, 1.165) is 11.3 Å². The Hall–Kier alpha value is -1.56. The van der Waals surface area contributed by atoms with Gasteiger partial charge in [0.25, 0.3) is 5.91 Å². The van der Waals surface area contributed by atoms with Gasteiger partial charge in [-0.05, 0) is 24.3 Å². The highest BCUT2D eigenvalue weighted by Gasteiger charge is 2.34. The van der Waals surface area contributed by atoms with E-state index in [1.807, 2.05) is 18.2 Å². The number of carbonyl (C=O) groups excluding carboxylic acids is 1. The van der Waals surface area contributed by atoms with Crippen molar-refractivity contribution in [2.75, 3.05) is 26.5 Å². The van der Waals surface area contributed by atoms with Gasteiger partial charge < -0.3 is 14.4 Å². The minimum atomic E-state index is -0.163. The Labute approximate surface area is 161 Å². The first-order valence-electron chi connectivity index (χ1n) is 7.65. The standard InChI is InChI=1S/C18H17Cl2NO3S/c1-23-15-5-3-4-13(16(15)24-2)18-21(8-9-25-18)17(22)12-7-6-11(19)10-14(12)20/h3-7,10,18H,8-9H2,1-2H3/t18-/m1/s1. The topological polar surface area (TPSA) is 38.8 Å². The summed E-state index contributed by atoms with van der Waals surface area (Å²) >= 11 is 13.8. The molecule has 1 amide bonds. The van der Waals surface area contributed by atoms with Crippen LogP contribution in [0.15, 0.2) is 36.4 Å². The van der Waals surface area contributed by atoms with Gasteiger partial charge in [-0.3, -0.25) is 4.79 Å². The maximum Gasteiger partial charge on any atom is 0.256 e. The van der Waals surface area contributed by atoms with Crippen molar-refractivity contribution in [3.63, 3.8) is 0 Å². The van der Waals surface area contributed by atoms with Crippen LogP contribution in [-0.2, 0) is 0 Å². The summed E-state index contributed by atoms with van der Waals surface area (Å²) in [5, 5.41) is 0.693.